The molecule has 0 radical (unpaired) electrons. The average molecular weight is 221 g/mol. The van der Waals surface area contributed by atoms with Gasteiger partial charge in [-0.1, -0.05) is 6.07 Å². The molecule has 0 amide bonds. The second-order valence-corrected chi connectivity index (χ2v) is 4.14. The Labute approximate surface area is 91.7 Å². The van der Waals surface area contributed by atoms with Gasteiger partial charge in [-0.25, -0.2) is 4.79 Å². The van der Waals surface area contributed by atoms with E-state index >= 15 is 0 Å². The minimum Gasteiger partial charge on any atom is -0.465 e. The molecule has 1 N–H and O–H groups in total. The van der Waals surface area contributed by atoms with E-state index in [0.717, 1.165) is 16.1 Å². The van der Waals surface area contributed by atoms with Crippen LogP contribution in [0.4, 0.5) is 0 Å². The molecule has 0 fully saturated rings. The Morgan fingerprint density at radius 2 is 2.33 bits per heavy atom. The molecule has 0 saturated heterocycles. The zero-order valence-corrected chi connectivity index (χ0v) is 9.35. The molecule has 0 aliphatic carbocycles. The molecule has 3 nitrogen and oxygen atoms in total. The number of carbonyl (C=O) groups is 1. The van der Waals surface area contributed by atoms with Crippen LogP contribution in [0.25, 0.3) is 10.6 Å². The number of thiophene rings is 1. The number of nitrogens with one attached hydrogen (secondary N) is 1. The third-order valence-corrected chi connectivity index (χ3v) is 3.12. The monoisotopic (exact) mass is 221 g/mol. The maximum atomic E-state index is 11.6. The van der Waals surface area contributed by atoms with Gasteiger partial charge in [0.25, 0.3) is 0 Å². The molecule has 15 heavy (non-hydrogen) atoms. The van der Waals surface area contributed by atoms with Crippen LogP contribution < -0.4 is 0 Å². The molecule has 0 spiro atoms. The van der Waals surface area contributed by atoms with Gasteiger partial charge in [-0.2, -0.15) is 0 Å². The van der Waals surface area contributed by atoms with Crippen LogP contribution in [-0.2, 0) is 4.74 Å². The molecule has 0 aliphatic heterocycles. The minimum atomic E-state index is -0.294. The average Bonchev–Trinajstić information content (AvgIpc) is 2.85. The van der Waals surface area contributed by atoms with Crippen LogP contribution in [0.5, 0.6) is 0 Å². The molecule has 2 heterocycles. The van der Waals surface area contributed by atoms with Crippen LogP contribution in [0.3, 0.4) is 0 Å². The minimum absolute atomic E-state index is 0.294. The zero-order chi connectivity index (χ0) is 10.8. The van der Waals surface area contributed by atoms with E-state index in [9.17, 15) is 4.79 Å². The van der Waals surface area contributed by atoms with Gasteiger partial charge in [0.15, 0.2) is 0 Å². The van der Waals surface area contributed by atoms with Crippen molar-refractivity contribution < 1.29 is 9.53 Å². The van der Waals surface area contributed by atoms with Crippen LogP contribution in [0.1, 0.15) is 15.9 Å². The number of rotatable bonds is 2. The Bertz CT molecular complexity index is 471. The van der Waals surface area contributed by atoms with E-state index in [2.05, 4.69) is 4.98 Å². The van der Waals surface area contributed by atoms with E-state index in [1.165, 1.54) is 7.11 Å². The molecule has 0 saturated carbocycles. The number of methoxy groups -OCH3 is 1. The van der Waals surface area contributed by atoms with Gasteiger partial charge in [0, 0.05) is 6.20 Å². The van der Waals surface area contributed by atoms with Gasteiger partial charge in [0.05, 0.1) is 23.2 Å². The van der Waals surface area contributed by atoms with Crippen molar-refractivity contribution in [2.45, 2.75) is 6.92 Å². The highest BCUT2D eigenvalue weighted by atomic mass is 32.1. The molecular weight excluding hydrogens is 210 g/mol. The number of hydrogen-bond acceptors (Lipinski definition) is 3. The number of ether oxygens (including phenoxy) is 1. The Kier molecular flexibility index (Phi) is 2.60. The first-order valence-corrected chi connectivity index (χ1v) is 5.42. The van der Waals surface area contributed by atoms with Crippen LogP contribution in [-0.4, -0.2) is 18.1 Å². The lowest BCUT2D eigenvalue weighted by Crippen LogP contribution is -2.03. The third kappa shape index (κ3) is 1.68. The van der Waals surface area contributed by atoms with Gasteiger partial charge in [-0.3, -0.25) is 0 Å². The van der Waals surface area contributed by atoms with Gasteiger partial charge in [0.1, 0.15) is 0 Å². The fourth-order valence-electron chi connectivity index (χ4n) is 1.50. The molecule has 0 bridgehead atoms. The summed E-state index contributed by atoms with van der Waals surface area (Å²) in [6.45, 7) is 1.89. The van der Waals surface area contributed by atoms with E-state index in [1.54, 1.807) is 11.3 Å². The van der Waals surface area contributed by atoms with E-state index in [0.29, 0.717) is 5.56 Å². The third-order valence-electron chi connectivity index (χ3n) is 2.23. The van der Waals surface area contributed by atoms with Crippen molar-refractivity contribution in [3.05, 3.63) is 34.8 Å². The molecule has 0 atom stereocenters. The predicted octanol–water partition coefficient (Wildman–Crippen LogP) is 2.84. The van der Waals surface area contributed by atoms with Crippen LogP contribution in [0.2, 0.25) is 0 Å². The van der Waals surface area contributed by atoms with Gasteiger partial charge < -0.3 is 9.72 Å². The van der Waals surface area contributed by atoms with Crippen molar-refractivity contribution in [3.63, 3.8) is 0 Å². The molecule has 2 aromatic heterocycles. The molecule has 4 heteroatoms. The lowest BCUT2D eigenvalue weighted by Gasteiger charge is -2.01. The number of aryl methyl sites for hydroxylation is 1. The van der Waals surface area contributed by atoms with Crippen molar-refractivity contribution in [2.24, 2.45) is 0 Å². The SMILES string of the molecule is COC(=O)c1c(C)c[nH]c1-c1cccs1. The molecule has 78 valence electrons. The fourth-order valence-corrected chi connectivity index (χ4v) is 2.24. The number of aromatic nitrogens is 1. The number of hydrogen-bond donors (Lipinski definition) is 1. The van der Waals surface area contributed by atoms with Crippen molar-refractivity contribution in [2.75, 3.05) is 7.11 Å². The Balaban J connectivity index is 2.54. The van der Waals surface area contributed by atoms with E-state index in [1.807, 2.05) is 30.6 Å². The Morgan fingerprint density at radius 1 is 1.53 bits per heavy atom. The summed E-state index contributed by atoms with van der Waals surface area (Å²) in [6, 6.07) is 3.93. The van der Waals surface area contributed by atoms with Crippen molar-refractivity contribution in [1.29, 1.82) is 0 Å². The summed E-state index contributed by atoms with van der Waals surface area (Å²) in [5.41, 5.74) is 2.37. The van der Waals surface area contributed by atoms with Gasteiger partial charge in [0.2, 0.25) is 0 Å². The lowest BCUT2D eigenvalue weighted by atomic mass is 10.1. The summed E-state index contributed by atoms with van der Waals surface area (Å²) in [6.07, 6.45) is 1.82. The summed E-state index contributed by atoms with van der Waals surface area (Å²) >= 11 is 1.59. The van der Waals surface area contributed by atoms with Crippen molar-refractivity contribution >= 4 is 17.3 Å². The molecule has 0 aromatic carbocycles. The normalized spacial score (nSPS) is 10.3. The molecule has 2 aromatic rings. The van der Waals surface area contributed by atoms with Crippen LogP contribution in [0.15, 0.2) is 23.7 Å². The van der Waals surface area contributed by atoms with Gasteiger partial charge >= 0.3 is 5.97 Å². The highest BCUT2D eigenvalue weighted by Crippen LogP contribution is 2.29. The maximum Gasteiger partial charge on any atom is 0.340 e. The molecule has 0 unspecified atom stereocenters. The van der Waals surface area contributed by atoms with Crippen molar-refractivity contribution in [1.82, 2.24) is 4.98 Å². The largest absolute Gasteiger partial charge is 0.465 e. The van der Waals surface area contributed by atoms with Crippen LogP contribution in [0, 0.1) is 6.92 Å². The first-order valence-electron chi connectivity index (χ1n) is 4.54. The summed E-state index contributed by atoms with van der Waals surface area (Å²) in [5.74, 6) is -0.294. The summed E-state index contributed by atoms with van der Waals surface area (Å²) < 4.78 is 4.76. The predicted molar refractivity (Wildman–Crippen MR) is 60.2 cm³/mol. The van der Waals surface area contributed by atoms with E-state index in [4.69, 9.17) is 4.74 Å². The number of carbonyl (C=O) groups excluding carboxylic acids is 1. The number of aromatic amines is 1. The quantitative estimate of drug-likeness (QED) is 0.792. The molecule has 2 rings (SSSR count). The lowest BCUT2D eigenvalue weighted by molar-refractivity contribution is 0.0601. The highest BCUT2D eigenvalue weighted by Gasteiger charge is 2.18. The second-order valence-electron chi connectivity index (χ2n) is 3.19. The number of esters is 1. The highest BCUT2D eigenvalue weighted by molar-refractivity contribution is 7.13. The fraction of sp³-hybridized carbons (Fsp3) is 0.182. The van der Waals surface area contributed by atoms with E-state index in [-0.39, 0.29) is 5.97 Å². The first-order chi connectivity index (χ1) is 7.24. The standard InChI is InChI=1S/C11H11NO2S/c1-7-6-12-10(8-4-3-5-15-8)9(7)11(13)14-2/h3-6,12H,1-2H3. The Morgan fingerprint density at radius 3 is 2.93 bits per heavy atom. The van der Waals surface area contributed by atoms with Crippen molar-refractivity contribution in [3.8, 4) is 10.6 Å². The maximum absolute atomic E-state index is 11.6. The zero-order valence-electron chi connectivity index (χ0n) is 8.53. The first kappa shape index (κ1) is 9.98. The summed E-state index contributed by atoms with van der Waals surface area (Å²) in [5, 5.41) is 1.98. The number of H-pyrrole nitrogens is 1. The molecule has 0 aliphatic rings. The molecular formula is C11H11NO2S. The topological polar surface area (TPSA) is 42.1 Å². The van der Waals surface area contributed by atoms with Gasteiger partial charge in [-0.05, 0) is 23.9 Å². The second kappa shape index (κ2) is 3.90. The van der Waals surface area contributed by atoms with Gasteiger partial charge in [-0.15, -0.1) is 11.3 Å². The summed E-state index contributed by atoms with van der Waals surface area (Å²) in [4.78, 5) is 15.7. The summed E-state index contributed by atoms with van der Waals surface area (Å²) in [7, 11) is 1.40. The van der Waals surface area contributed by atoms with Crippen LogP contribution >= 0.6 is 11.3 Å². The Hall–Kier alpha value is -1.55. The van der Waals surface area contributed by atoms with E-state index < -0.39 is 0 Å². The smallest absolute Gasteiger partial charge is 0.340 e.